The van der Waals surface area contributed by atoms with Crippen LogP contribution in [-0.4, -0.2) is 43.5 Å². The van der Waals surface area contributed by atoms with E-state index in [1.54, 1.807) is 0 Å². The lowest BCUT2D eigenvalue weighted by molar-refractivity contribution is -0.123. The van der Waals surface area contributed by atoms with Crippen LogP contribution in [0.25, 0.3) is 0 Å². The highest BCUT2D eigenvalue weighted by Crippen LogP contribution is 2.28. The van der Waals surface area contributed by atoms with Crippen molar-refractivity contribution in [2.45, 2.75) is 45.6 Å². The average Bonchev–Trinajstić information content (AvgIpc) is 2.64. The van der Waals surface area contributed by atoms with Crippen LogP contribution >= 0.6 is 0 Å². The Labute approximate surface area is 115 Å². The van der Waals surface area contributed by atoms with Crippen LogP contribution in [0.1, 0.15) is 39.5 Å². The molecule has 0 radical (unpaired) electrons. The average molecular weight is 288 g/mol. The number of nitrogens with one attached hydrogen (secondary N) is 1. The van der Waals surface area contributed by atoms with Gasteiger partial charge in [0.2, 0.25) is 15.9 Å². The van der Waals surface area contributed by atoms with Crippen LogP contribution in [-0.2, 0) is 14.8 Å². The molecule has 0 aromatic heterocycles. The van der Waals surface area contributed by atoms with E-state index in [-0.39, 0.29) is 24.2 Å². The standard InChI is InChI=1S/C13H24N2O3S/c1-10-5-3-6-11(2)13(10)14-12(16)9-15-7-4-8-19(15,17)18/h10-11,13H,3-9H2,1-2H3,(H,14,16). The number of hydrogen-bond acceptors (Lipinski definition) is 3. The summed E-state index contributed by atoms with van der Waals surface area (Å²) in [6, 6.07) is 0.187. The number of hydrogen-bond donors (Lipinski definition) is 1. The number of amides is 1. The molecule has 1 aliphatic carbocycles. The second-order valence-electron chi connectivity index (χ2n) is 5.98. The van der Waals surface area contributed by atoms with Gasteiger partial charge >= 0.3 is 0 Å². The molecule has 2 aliphatic rings. The van der Waals surface area contributed by atoms with Gasteiger partial charge in [0.05, 0.1) is 12.3 Å². The zero-order valence-corrected chi connectivity index (χ0v) is 12.6. The minimum Gasteiger partial charge on any atom is -0.352 e. The highest BCUT2D eigenvalue weighted by atomic mass is 32.2. The highest BCUT2D eigenvalue weighted by molar-refractivity contribution is 7.89. The number of sulfonamides is 1. The lowest BCUT2D eigenvalue weighted by atomic mass is 9.79. The smallest absolute Gasteiger partial charge is 0.235 e. The van der Waals surface area contributed by atoms with E-state index in [1.807, 2.05) is 0 Å². The highest BCUT2D eigenvalue weighted by Gasteiger charge is 2.32. The summed E-state index contributed by atoms with van der Waals surface area (Å²) in [6.45, 7) is 4.78. The maximum atomic E-state index is 12.0. The largest absolute Gasteiger partial charge is 0.352 e. The molecule has 2 atom stereocenters. The molecule has 6 heteroatoms. The molecule has 0 spiro atoms. The Balaban J connectivity index is 1.90. The Morgan fingerprint density at radius 1 is 1.21 bits per heavy atom. The third-order valence-electron chi connectivity index (χ3n) is 4.40. The predicted octanol–water partition coefficient (Wildman–Crippen LogP) is 0.963. The van der Waals surface area contributed by atoms with Gasteiger partial charge < -0.3 is 5.32 Å². The van der Waals surface area contributed by atoms with Crippen molar-refractivity contribution < 1.29 is 13.2 Å². The Morgan fingerprint density at radius 3 is 2.37 bits per heavy atom. The number of rotatable bonds is 3. The van der Waals surface area contributed by atoms with Crippen LogP contribution < -0.4 is 5.32 Å². The van der Waals surface area contributed by atoms with Gasteiger partial charge in [-0.15, -0.1) is 0 Å². The van der Waals surface area contributed by atoms with E-state index in [1.165, 1.54) is 10.7 Å². The normalized spacial score (nSPS) is 35.2. The zero-order chi connectivity index (χ0) is 14.0. The molecular formula is C13H24N2O3S. The minimum atomic E-state index is -3.18. The molecule has 1 saturated carbocycles. The molecular weight excluding hydrogens is 264 g/mol. The monoisotopic (exact) mass is 288 g/mol. The maximum Gasteiger partial charge on any atom is 0.235 e. The summed E-state index contributed by atoms with van der Waals surface area (Å²) in [5, 5.41) is 3.04. The first kappa shape index (κ1) is 14.8. The van der Waals surface area contributed by atoms with Crippen LogP contribution in [0.3, 0.4) is 0 Å². The topological polar surface area (TPSA) is 66.5 Å². The van der Waals surface area contributed by atoms with Crippen LogP contribution in [0, 0.1) is 11.8 Å². The van der Waals surface area contributed by atoms with E-state index in [0.717, 1.165) is 12.8 Å². The molecule has 5 nitrogen and oxygen atoms in total. The van der Waals surface area contributed by atoms with Gasteiger partial charge in [0, 0.05) is 12.6 Å². The Hall–Kier alpha value is -0.620. The van der Waals surface area contributed by atoms with E-state index in [0.29, 0.717) is 24.8 Å². The van der Waals surface area contributed by atoms with Crippen molar-refractivity contribution in [3.8, 4) is 0 Å². The number of carbonyl (C=O) groups excluding carboxylic acids is 1. The van der Waals surface area contributed by atoms with Crippen molar-refractivity contribution in [2.75, 3.05) is 18.8 Å². The van der Waals surface area contributed by atoms with Crippen LogP contribution in [0.2, 0.25) is 0 Å². The van der Waals surface area contributed by atoms with E-state index < -0.39 is 10.0 Å². The van der Waals surface area contributed by atoms with Gasteiger partial charge in [-0.05, 0) is 31.1 Å². The third-order valence-corrected chi connectivity index (χ3v) is 6.30. The molecule has 1 heterocycles. The van der Waals surface area contributed by atoms with Gasteiger partial charge in [-0.25, -0.2) is 8.42 Å². The second kappa shape index (κ2) is 5.79. The fourth-order valence-corrected chi connectivity index (χ4v) is 4.70. The molecule has 1 aliphatic heterocycles. The molecule has 19 heavy (non-hydrogen) atoms. The SMILES string of the molecule is CC1CCCC(C)C1NC(=O)CN1CCCS1(=O)=O. The van der Waals surface area contributed by atoms with Crippen LogP contribution in [0.15, 0.2) is 0 Å². The lowest BCUT2D eigenvalue weighted by Gasteiger charge is -2.35. The van der Waals surface area contributed by atoms with Crippen LogP contribution in [0.5, 0.6) is 0 Å². The molecule has 1 amide bonds. The number of carbonyl (C=O) groups is 1. The van der Waals surface area contributed by atoms with Gasteiger partial charge in [0.15, 0.2) is 0 Å². The second-order valence-corrected chi connectivity index (χ2v) is 8.07. The third kappa shape index (κ3) is 3.48. The Bertz CT molecular complexity index is 425. The summed E-state index contributed by atoms with van der Waals surface area (Å²) in [6.07, 6.45) is 4.12. The summed E-state index contributed by atoms with van der Waals surface area (Å²) in [5.74, 6) is 0.970. The maximum absolute atomic E-state index is 12.0. The minimum absolute atomic E-state index is 0.0156. The Kier molecular flexibility index (Phi) is 4.50. The van der Waals surface area contributed by atoms with Crippen molar-refractivity contribution >= 4 is 15.9 Å². The molecule has 1 N–H and O–H groups in total. The van der Waals surface area contributed by atoms with Gasteiger partial charge in [0.25, 0.3) is 0 Å². The quantitative estimate of drug-likeness (QED) is 0.841. The van der Waals surface area contributed by atoms with Crippen LogP contribution in [0.4, 0.5) is 0 Å². The molecule has 2 fully saturated rings. The lowest BCUT2D eigenvalue weighted by Crippen LogP contribution is -2.49. The summed E-state index contributed by atoms with van der Waals surface area (Å²) >= 11 is 0. The van der Waals surface area contributed by atoms with E-state index in [4.69, 9.17) is 0 Å². The Morgan fingerprint density at radius 2 is 1.84 bits per heavy atom. The first-order valence-corrected chi connectivity index (χ1v) is 8.78. The predicted molar refractivity (Wildman–Crippen MR) is 74.1 cm³/mol. The van der Waals surface area contributed by atoms with Crippen molar-refractivity contribution in [1.82, 2.24) is 9.62 Å². The molecule has 2 rings (SSSR count). The summed E-state index contributed by atoms with van der Waals surface area (Å²) in [5.41, 5.74) is 0. The van der Waals surface area contributed by atoms with Gasteiger partial charge in [0.1, 0.15) is 0 Å². The summed E-state index contributed by atoms with van der Waals surface area (Å²) in [7, 11) is -3.18. The van der Waals surface area contributed by atoms with Crippen molar-refractivity contribution in [3.05, 3.63) is 0 Å². The molecule has 0 aromatic rings. The number of nitrogens with zero attached hydrogens (tertiary/aromatic N) is 1. The van der Waals surface area contributed by atoms with Crippen molar-refractivity contribution in [1.29, 1.82) is 0 Å². The van der Waals surface area contributed by atoms with E-state index >= 15 is 0 Å². The van der Waals surface area contributed by atoms with E-state index in [2.05, 4.69) is 19.2 Å². The first-order chi connectivity index (χ1) is 8.90. The molecule has 2 unspecified atom stereocenters. The molecule has 0 bridgehead atoms. The molecule has 1 saturated heterocycles. The summed E-state index contributed by atoms with van der Waals surface area (Å²) in [4.78, 5) is 12.0. The zero-order valence-electron chi connectivity index (χ0n) is 11.8. The fraction of sp³-hybridized carbons (Fsp3) is 0.923. The molecule has 110 valence electrons. The van der Waals surface area contributed by atoms with Gasteiger partial charge in [-0.3, -0.25) is 4.79 Å². The van der Waals surface area contributed by atoms with Gasteiger partial charge in [-0.2, -0.15) is 4.31 Å². The van der Waals surface area contributed by atoms with Crippen molar-refractivity contribution in [3.63, 3.8) is 0 Å². The summed E-state index contributed by atoms with van der Waals surface area (Å²) < 4.78 is 24.6. The van der Waals surface area contributed by atoms with Gasteiger partial charge in [-0.1, -0.05) is 20.3 Å². The fourth-order valence-electron chi connectivity index (χ4n) is 3.23. The van der Waals surface area contributed by atoms with Crippen molar-refractivity contribution in [2.24, 2.45) is 11.8 Å². The molecule has 0 aromatic carbocycles. The van der Waals surface area contributed by atoms with E-state index in [9.17, 15) is 13.2 Å². The first-order valence-electron chi connectivity index (χ1n) is 7.17.